The van der Waals surface area contributed by atoms with Crippen LogP contribution in [0.3, 0.4) is 0 Å². The van der Waals surface area contributed by atoms with E-state index < -0.39 is 11.9 Å². The summed E-state index contributed by atoms with van der Waals surface area (Å²) in [7, 11) is 0. The molecule has 0 bridgehead atoms. The van der Waals surface area contributed by atoms with Gasteiger partial charge in [-0.3, -0.25) is 9.59 Å². The normalized spacial score (nSPS) is 15.6. The van der Waals surface area contributed by atoms with Crippen LogP contribution in [-0.4, -0.2) is 41.6 Å². The summed E-state index contributed by atoms with van der Waals surface area (Å²) in [6, 6.07) is 12.5. The number of carboxylic acids is 1. The van der Waals surface area contributed by atoms with Gasteiger partial charge in [-0.25, -0.2) is 0 Å². The molecule has 1 aliphatic heterocycles. The molecule has 2 aromatic carbocycles. The zero-order valence-corrected chi connectivity index (χ0v) is 16.2. The molecule has 1 N–H and O–H groups in total. The Labute approximate surface area is 164 Å². The molecule has 0 radical (unpaired) electrons. The molecule has 28 heavy (non-hydrogen) atoms. The van der Waals surface area contributed by atoms with Crippen molar-refractivity contribution in [2.45, 2.75) is 32.7 Å². The molecule has 0 aromatic heterocycles. The molecule has 6 heteroatoms. The van der Waals surface area contributed by atoms with Gasteiger partial charge in [-0.05, 0) is 42.7 Å². The fraction of sp³-hybridized carbons (Fsp3) is 0.364. The average molecular weight is 383 g/mol. The number of carbonyl (C=O) groups excluding carboxylic acids is 1. The summed E-state index contributed by atoms with van der Waals surface area (Å²) >= 11 is 0. The highest BCUT2D eigenvalue weighted by Crippen LogP contribution is 2.32. The molecule has 0 aliphatic carbocycles. The van der Waals surface area contributed by atoms with Gasteiger partial charge in [0.25, 0.3) is 5.91 Å². The van der Waals surface area contributed by atoms with E-state index in [2.05, 4.69) is 0 Å². The molecule has 1 amide bonds. The van der Waals surface area contributed by atoms with Crippen LogP contribution >= 0.6 is 0 Å². The smallest absolute Gasteiger partial charge is 0.312 e. The van der Waals surface area contributed by atoms with Crippen LogP contribution in [0.2, 0.25) is 0 Å². The molecule has 148 valence electrons. The first-order valence-electron chi connectivity index (χ1n) is 9.54. The lowest BCUT2D eigenvalue weighted by Gasteiger charge is -2.33. The van der Waals surface area contributed by atoms with Gasteiger partial charge >= 0.3 is 5.97 Å². The predicted octanol–water partition coefficient (Wildman–Crippen LogP) is 3.70. The van der Waals surface area contributed by atoms with Gasteiger partial charge in [0, 0.05) is 18.7 Å². The second kappa shape index (κ2) is 8.78. The number of ether oxygens (including phenoxy) is 2. The van der Waals surface area contributed by atoms with E-state index in [4.69, 9.17) is 9.47 Å². The number of hydrogen-bond donors (Lipinski definition) is 1. The largest absolute Gasteiger partial charge is 0.490 e. The van der Waals surface area contributed by atoms with Crippen molar-refractivity contribution in [2.75, 3.05) is 19.8 Å². The Kier molecular flexibility index (Phi) is 6.19. The van der Waals surface area contributed by atoms with Crippen molar-refractivity contribution in [1.29, 1.82) is 0 Å². The van der Waals surface area contributed by atoms with Gasteiger partial charge in [0.05, 0.1) is 19.1 Å². The monoisotopic (exact) mass is 383 g/mol. The molecule has 0 spiro atoms. The number of rotatable bonds is 7. The Morgan fingerprint density at radius 1 is 1.11 bits per heavy atom. The van der Waals surface area contributed by atoms with E-state index >= 15 is 0 Å². The summed E-state index contributed by atoms with van der Waals surface area (Å²) in [5.41, 5.74) is 2.09. The number of hydrogen-bond acceptors (Lipinski definition) is 4. The standard InChI is InChI=1S/C22H25NO5/c1-3-11-28-19-10-9-15(12-20(19)27-4-2)21(24)23-13-16-7-5-6-8-17(16)18(14-23)22(25)26/h5-10,12,18H,3-4,11,13-14H2,1-2H3,(H,25,26). The topological polar surface area (TPSA) is 76.1 Å². The number of nitrogens with zero attached hydrogens (tertiary/aromatic N) is 1. The maximum atomic E-state index is 13.1. The molecule has 1 heterocycles. The van der Waals surface area contributed by atoms with Gasteiger partial charge in [0.15, 0.2) is 11.5 Å². The van der Waals surface area contributed by atoms with Crippen LogP contribution < -0.4 is 9.47 Å². The maximum absolute atomic E-state index is 13.1. The van der Waals surface area contributed by atoms with Crippen molar-refractivity contribution >= 4 is 11.9 Å². The Morgan fingerprint density at radius 2 is 1.89 bits per heavy atom. The van der Waals surface area contributed by atoms with Crippen molar-refractivity contribution in [3.8, 4) is 11.5 Å². The maximum Gasteiger partial charge on any atom is 0.312 e. The zero-order chi connectivity index (χ0) is 20.1. The van der Waals surface area contributed by atoms with E-state index in [1.807, 2.05) is 38.1 Å². The number of aliphatic carboxylic acids is 1. The van der Waals surface area contributed by atoms with E-state index in [0.717, 1.165) is 17.5 Å². The van der Waals surface area contributed by atoms with Crippen molar-refractivity contribution < 1.29 is 24.2 Å². The van der Waals surface area contributed by atoms with E-state index in [1.54, 1.807) is 23.1 Å². The Morgan fingerprint density at radius 3 is 2.61 bits per heavy atom. The Hall–Kier alpha value is -3.02. The summed E-state index contributed by atoms with van der Waals surface area (Å²) < 4.78 is 11.3. The zero-order valence-electron chi connectivity index (χ0n) is 16.2. The van der Waals surface area contributed by atoms with Gasteiger partial charge in [0.2, 0.25) is 0 Å². The SMILES string of the molecule is CCCOc1ccc(C(=O)N2Cc3ccccc3C(C(=O)O)C2)cc1OCC. The minimum Gasteiger partial charge on any atom is -0.490 e. The van der Waals surface area contributed by atoms with Crippen LogP contribution in [0.15, 0.2) is 42.5 Å². The number of amides is 1. The molecule has 1 aliphatic rings. The van der Waals surface area contributed by atoms with Crippen LogP contribution in [0.1, 0.15) is 47.7 Å². The van der Waals surface area contributed by atoms with Crippen molar-refractivity contribution in [3.05, 3.63) is 59.2 Å². The molecule has 2 aromatic rings. The first kappa shape index (κ1) is 19.7. The molecule has 3 rings (SSSR count). The van der Waals surface area contributed by atoms with Crippen LogP contribution in [0.25, 0.3) is 0 Å². The average Bonchev–Trinajstić information content (AvgIpc) is 2.71. The lowest BCUT2D eigenvalue weighted by molar-refractivity contribution is -0.139. The second-order valence-corrected chi connectivity index (χ2v) is 6.72. The molecular weight excluding hydrogens is 358 g/mol. The highest BCUT2D eigenvalue weighted by Gasteiger charge is 2.33. The lowest BCUT2D eigenvalue weighted by atomic mass is 9.89. The second-order valence-electron chi connectivity index (χ2n) is 6.72. The van der Waals surface area contributed by atoms with Gasteiger partial charge in [-0.1, -0.05) is 31.2 Å². The molecular formula is C22H25NO5. The summed E-state index contributed by atoms with van der Waals surface area (Å²) in [5, 5.41) is 9.61. The minimum atomic E-state index is -0.928. The summed E-state index contributed by atoms with van der Waals surface area (Å²) in [4.78, 5) is 26.4. The molecule has 0 saturated heterocycles. The van der Waals surface area contributed by atoms with Crippen molar-refractivity contribution in [2.24, 2.45) is 0 Å². The molecule has 0 saturated carbocycles. The quantitative estimate of drug-likeness (QED) is 0.789. The Bertz CT molecular complexity index is 864. The first-order valence-corrected chi connectivity index (χ1v) is 9.54. The molecule has 1 unspecified atom stereocenters. The summed E-state index contributed by atoms with van der Waals surface area (Å²) in [6.07, 6.45) is 0.871. The third kappa shape index (κ3) is 4.11. The third-order valence-corrected chi connectivity index (χ3v) is 4.73. The Balaban J connectivity index is 1.87. The van der Waals surface area contributed by atoms with Gasteiger partial charge < -0.3 is 19.5 Å². The van der Waals surface area contributed by atoms with E-state index in [9.17, 15) is 14.7 Å². The fourth-order valence-electron chi connectivity index (χ4n) is 3.40. The number of fused-ring (bicyclic) bond motifs is 1. The molecule has 6 nitrogen and oxygen atoms in total. The van der Waals surface area contributed by atoms with E-state index in [0.29, 0.717) is 36.8 Å². The van der Waals surface area contributed by atoms with Crippen LogP contribution in [0.4, 0.5) is 0 Å². The van der Waals surface area contributed by atoms with Crippen molar-refractivity contribution in [3.63, 3.8) is 0 Å². The van der Waals surface area contributed by atoms with Gasteiger partial charge in [-0.15, -0.1) is 0 Å². The van der Waals surface area contributed by atoms with Crippen LogP contribution in [0.5, 0.6) is 11.5 Å². The third-order valence-electron chi connectivity index (χ3n) is 4.73. The highest BCUT2D eigenvalue weighted by molar-refractivity contribution is 5.95. The van der Waals surface area contributed by atoms with E-state index in [1.165, 1.54) is 0 Å². The number of benzene rings is 2. The number of carbonyl (C=O) groups is 2. The number of carboxylic acid groups (broad SMARTS) is 1. The minimum absolute atomic E-state index is 0.142. The van der Waals surface area contributed by atoms with Gasteiger partial charge in [-0.2, -0.15) is 0 Å². The summed E-state index contributed by atoms with van der Waals surface area (Å²) in [5.74, 6) is -0.749. The highest BCUT2D eigenvalue weighted by atomic mass is 16.5. The molecule has 0 fully saturated rings. The fourth-order valence-corrected chi connectivity index (χ4v) is 3.40. The van der Waals surface area contributed by atoms with Gasteiger partial charge in [0.1, 0.15) is 0 Å². The first-order chi connectivity index (χ1) is 13.5. The van der Waals surface area contributed by atoms with E-state index in [-0.39, 0.29) is 12.5 Å². The summed E-state index contributed by atoms with van der Waals surface area (Å²) in [6.45, 7) is 5.44. The van der Waals surface area contributed by atoms with Crippen molar-refractivity contribution in [1.82, 2.24) is 4.90 Å². The van der Waals surface area contributed by atoms with Crippen LogP contribution in [-0.2, 0) is 11.3 Å². The lowest BCUT2D eigenvalue weighted by Crippen LogP contribution is -2.40. The van der Waals surface area contributed by atoms with Crippen LogP contribution in [0, 0.1) is 0 Å². The predicted molar refractivity (Wildman–Crippen MR) is 105 cm³/mol. The molecule has 1 atom stereocenters.